The highest BCUT2D eigenvalue weighted by Gasteiger charge is 2.18. The maximum absolute atomic E-state index is 13.1. The topological polar surface area (TPSA) is 102 Å². The van der Waals surface area contributed by atoms with Crippen molar-refractivity contribution in [3.63, 3.8) is 0 Å². The van der Waals surface area contributed by atoms with Gasteiger partial charge in [-0.25, -0.2) is 4.68 Å². The molecule has 0 aliphatic rings. The predicted molar refractivity (Wildman–Crippen MR) is 116 cm³/mol. The molecule has 3 rings (SSSR count). The quantitative estimate of drug-likeness (QED) is 0.652. The third-order valence-corrected chi connectivity index (χ3v) is 4.39. The highest BCUT2D eigenvalue weighted by atomic mass is 16.5. The van der Waals surface area contributed by atoms with E-state index in [0.717, 1.165) is 0 Å². The Morgan fingerprint density at radius 2 is 1.80 bits per heavy atom. The molecule has 0 spiro atoms. The van der Waals surface area contributed by atoms with E-state index >= 15 is 0 Å². The van der Waals surface area contributed by atoms with Crippen LogP contribution in [0.1, 0.15) is 31.3 Å². The van der Waals surface area contributed by atoms with Gasteiger partial charge in [-0.3, -0.25) is 14.4 Å². The molecule has 0 radical (unpaired) electrons. The van der Waals surface area contributed by atoms with Crippen molar-refractivity contribution in [1.82, 2.24) is 9.78 Å². The van der Waals surface area contributed by atoms with Crippen molar-refractivity contribution in [2.24, 2.45) is 5.92 Å². The molecule has 0 unspecified atom stereocenters. The van der Waals surface area contributed by atoms with Crippen LogP contribution in [-0.2, 0) is 11.3 Å². The lowest BCUT2D eigenvalue weighted by Crippen LogP contribution is -2.29. The summed E-state index contributed by atoms with van der Waals surface area (Å²) in [6.07, 6.45) is 0. The van der Waals surface area contributed by atoms with Gasteiger partial charge < -0.3 is 15.4 Å². The lowest BCUT2D eigenvalue weighted by Gasteiger charge is -2.14. The van der Waals surface area contributed by atoms with Crippen LogP contribution in [0.25, 0.3) is 10.8 Å². The van der Waals surface area contributed by atoms with Gasteiger partial charge in [-0.05, 0) is 30.2 Å². The Morgan fingerprint density at radius 1 is 1.10 bits per heavy atom. The second kappa shape index (κ2) is 8.77. The molecule has 0 saturated heterocycles. The predicted octanol–water partition coefficient (Wildman–Crippen LogP) is 3.27. The highest BCUT2D eigenvalue weighted by molar-refractivity contribution is 6.11. The van der Waals surface area contributed by atoms with Gasteiger partial charge in [0.05, 0.1) is 18.2 Å². The Bertz CT molecular complexity index is 1170. The normalized spacial score (nSPS) is 10.8. The zero-order valence-electron chi connectivity index (χ0n) is 17.4. The standard InChI is InChI=1S/C22H24N4O4/c1-13(2)12-26-22(29)17-8-6-5-7-16(17)20(25-26)21(28)24-15-9-10-19(30-4)18(11-15)23-14(3)27/h5-11,13H,12H2,1-4H3,(H,23,27)(H,24,28). The molecule has 0 atom stereocenters. The van der Waals surface area contributed by atoms with Crippen LogP contribution in [0.3, 0.4) is 0 Å². The second-order valence-electron chi connectivity index (χ2n) is 7.33. The largest absolute Gasteiger partial charge is 0.495 e. The first-order valence-corrected chi connectivity index (χ1v) is 9.57. The molecule has 0 fully saturated rings. The fourth-order valence-corrected chi connectivity index (χ4v) is 3.14. The SMILES string of the molecule is COc1ccc(NC(=O)c2nn(CC(C)C)c(=O)c3ccccc23)cc1NC(C)=O. The van der Waals surface area contributed by atoms with Gasteiger partial charge >= 0.3 is 0 Å². The van der Waals surface area contributed by atoms with Gasteiger partial charge in [-0.15, -0.1) is 0 Å². The summed E-state index contributed by atoms with van der Waals surface area (Å²) in [6, 6.07) is 11.8. The fourth-order valence-electron chi connectivity index (χ4n) is 3.14. The molecule has 8 nitrogen and oxygen atoms in total. The number of rotatable bonds is 6. The van der Waals surface area contributed by atoms with Gasteiger partial charge in [0.15, 0.2) is 5.69 Å². The Hall–Kier alpha value is -3.68. The molecule has 2 amide bonds. The Balaban J connectivity index is 2.02. The van der Waals surface area contributed by atoms with E-state index in [4.69, 9.17) is 4.74 Å². The maximum Gasteiger partial charge on any atom is 0.276 e. The molecule has 0 aliphatic heterocycles. The molecule has 156 valence electrons. The zero-order valence-corrected chi connectivity index (χ0v) is 17.4. The van der Waals surface area contributed by atoms with E-state index in [2.05, 4.69) is 15.7 Å². The maximum atomic E-state index is 13.1. The first-order valence-electron chi connectivity index (χ1n) is 9.57. The van der Waals surface area contributed by atoms with Crippen molar-refractivity contribution in [2.75, 3.05) is 17.7 Å². The number of hydrogen-bond acceptors (Lipinski definition) is 5. The summed E-state index contributed by atoms with van der Waals surface area (Å²) in [4.78, 5) is 37.2. The second-order valence-corrected chi connectivity index (χ2v) is 7.33. The first-order chi connectivity index (χ1) is 14.3. The van der Waals surface area contributed by atoms with Gasteiger partial charge in [-0.2, -0.15) is 5.10 Å². The number of carbonyl (C=O) groups excluding carboxylic acids is 2. The Labute approximate surface area is 173 Å². The number of methoxy groups -OCH3 is 1. The summed E-state index contributed by atoms with van der Waals surface area (Å²) < 4.78 is 6.57. The molecular formula is C22H24N4O4. The van der Waals surface area contributed by atoms with Crippen LogP contribution in [0.2, 0.25) is 0 Å². The number of hydrogen-bond donors (Lipinski definition) is 2. The number of anilines is 2. The van der Waals surface area contributed by atoms with Crippen LogP contribution in [0, 0.1) is 5.92 Å². The minimum atomic E-state index is -0.456. The Morgan fingerprint density at radius 3 is 2.43 bits per heavy atom. The molecule has 1 heterocycles. The smallest absolute Gasteiger partial charge is 0.276 e. The van der Waals surface area contributed by atoms with Gasteiger partial charge in [0, 0.05) is 24.5 Å². The van der Waals surface area contributed by atoms with Crippen molar-refractivity contribution in [3.05, 3.63) is 58.5 Å². The third kappa shape index (κ3) is 4.48. The van der Waals surface area contributed by atoms with E-state index in [1.54, 1.807) is 42.5 Å². The number of benzene rings is 2. The van der Waals surface area contributed by atoms with E-state index in [0.29, 0.717) is 34.4 Å². The van der Waals surface area contributed by atoms with Gasteiger partial charge in [-0.1, -0.05) is 32.0 Å². The Kier molecular flexibility index (Phi) is 6.15. The lowest BCUT2D eigenvalue weighted by atomic mass is 10.1. The van der Waals surface area contributed by atoms with Crippen LogP contribution >= 0.6 is 0 Å². The van der Waals surface area contributed by atoms with Crippen molar-refractivity contribution in [2.45, 2.75) is 27.3 Å². The molecule has 0 aliphatic carbocycles. The number of aromatic nitrogens is 2. The number of ether oxygens (including phenoxy) is 1. The molecule has 3 aromatic rings. The van der Waals surface area contributed by atoms with Gasteiger partial charge in [0.2, 0.25) is 5.91 Å². The third-order valence-electron chi connectivity index (χ3n) is 4.39. The van der Waals surface area contributed by atoms with Crippen molar-refractivity contribution in [3.8, 4) is 5.75 Å². The molecule has 8 heteroatoms. The van der Waals surface area contributed by atoms with E-state index < -0.39 is 5.91 Å². The molecule has 0 saturated carbocycles. The van der Waals surface area contributed by atoms with Crippen LogP contribution in [0.15, 0.2) is 47.3 Å². The van der Waals surface area contributed by atoms with Crippen molar-refractivity contribution < 1.29 is 14.3 Å². The molecule has 1 aromatic heterocycles. The van der Waals surface area contributed by atoms with E-state index in [1.807, 2.05) is 13.8 Å². The highest BCUT2D eigenvalue weighted by Crippen LogP contribution is 2.28. The first kappa shape index (κ1) is 21.0. The monoisotopic (exact) mass is 408 g/mol. The van der Waals surface area contributed by atoms with Gasteiger partial charge in [0.1, 0.15) is 5.75 Å². The minimum Gasteiger partial charge on any atom is -0.495 e. The summed E-state index contributed by atoms with van der Waals surface area (Å²) >= 11 is 0. The van der Waals surface area contributed by atoms with Crippen LogP contribution in [-0.4, -0.2) is 28.7 Å². The van der Waals surface area contributed by atoms with Crippen LogP contribution < -0.4 is 20.9 Å². The number of nitrogens with zero attached hydrogens (tertiary/aromatic N) is 2. The van der Waals surface area contributed by atoms with Crippen LogP contribution in [0.5, 0.6) is 5.75 Å². The summed E-state index contributed by atoms with van der Waals surface area (Å²) in [7, 11) is 1.49. The average Bonchev–Trinajstić information content (AvgIpc) is 2.69. The summed E-state index contributed by atoms with van der Waals surface area (Å²) in [5, 5.41) is 10.7. The number of carbonyl (C=O) groups is 2. The molecule has 2 N–H and O–H groups in total. The zero-order chi connectivity index (χ0) is 21.8. The van der Waals surface area contributed by atoms with Crippen LogP contribution in [0.4, 0.5) is 11.4 Å². The minimum absolute atomic E-state index is 0.155. The lowest BCUT2D eigenvalue weighted by molar-refractivity contribution is -0.114. The van der Waals surface area contributed by atoms with E-state index in [-0.39, 0.29) is 23.1 Å². The number of nitrogens with one attached hydrogen (secondary N) is 2. The van der Waals surface area contributed by atoms with E-state index in [9.17, 15) is 14.4 Å². The van der Waals surface area contributed by atoms with Gasteiger partial charge in [0.25, 0.3) is 11.5 Å². The van der Waals surface area contributed by atoms with Crippen molar-refractivity contribution >= 4 is 34.0 Å². The number of amides is 2. The molecule has 30 heavy (non-hydrogen) atoms. The summed E-state index contributed by atoms with van der Waals surface area (Å²) in [5.74, 6) is -0.0563. The molecule has 2 aromatic carbocycles. The van der Waals surface area contributed by atoms with E-state index in [1.165, 1.54) is 18.7 Å². The number of fused-ring (bicyclic) bond motifs is 1. The molecular weight excluding hydrogens is 384 g/mol. The summed E-state index contributed by atoms with van der Waals surface area (Å²) in [5.41, 5.74) is 0.818. The summed E-state index contributed by atoms with van der Waals surface area (Å²) in [6.45, 7) is 5.74. The van der Waals surface area contributed by atoms with Crippen molar-refractivity contribution in [1.29, 1.82) is 0 Å². The fraction of sp³-hybridized carbons (Fsp3) is 0.273. The average molecular weight is 408 g/mol. The molecule has 0 bridgehead atoms.